The standard InChI is InChI=1S/C16H22N4OS/c1-4-19(2)11-10-17-15(21)14-12-18-16(22-3)20(14)13-8-6-5-7-9-13/h5-9,12H,4,10-11H2,1-3H3,(H,17,21). The molecule has 0 atom stereocenters. The van der Waals surface area contributed by atoms with E-state index >= 15 is 0 Å². The highest BCUT2D eigenvalue weighted by Crippen LogP contribution is 2.21. The van der Waals surface area contributed by atoms with Crippen molar-refractivity contribution in [3.05, 3.63) is 42.2 Å². The van der Waals surface area contributed by atoms with Crippen LogP contribution in [0, 0.1) is 0 Å². The van der Waals surface area contributed by atoms with E-state index < -0.39 is 0 Å². The van der Waals surface area contributed by atoms with Crippen LogP contribution in [0.4, 0.5) is 0 Å². The Balaban J connectivity index is 2.17. The maximum Gasteiger partial charge on any atom is 0.270 e. The van der Waals surface area contributed by atoms with Crippen LogP contribution in [0.25, 0.3) is 5.69 Å². The first-order valence-corrected chi connectivity index (χ1v) is 8.53. The SMILES string of the molecule is CCN(C)CCNC(=O)c1cnc(SC)n1-c1ccccc1. The highest BCUT2D eigenvalue weighted by molar-refractivity contribution is 7.98. The fraction of sp³-hybridized carbons (Fsp3) is 0.375. The van der Waals surface area contributed by atoms with Gasteiger partial charge in [-0.25, -0.2) is 4.98 Å². The van der Waals surface area contributed by atoms with Gasteiger partial charge in [0, 0.05) is 18.8 Å². The number of hydrogen-bond acceptors (Lipinski definition) is 4. The zero-order valence-corrected chi connectivity index (χ0v) is 14.1. The molecule has 0 saturated heterocycles. The number of nitrogens with zero attached hydrogens (tertiary/aromatic N) is 3. The highest BCUT2D eigenvalue weighted by atomic mass is 32.2. The van der Waals surface area contributed by atoms with Gasteiger partial charge in [0.2, 0.25) is 0 Å². The summed E-state index contributed by atoms with van der Waals surface area (Å²) in [6.07, 6.45) is 3.59. The van der Waals surface area contributed by atoms with E-state index in [2.05, 4.69) is 22.1 Å². The second-order valence-corrected chi connectivity index (χ2v) is 5.73. The molecule has 0 bridgehead atoms. The second kappa shape index (κ2) is 8.00. The van der Waals surface area contributed by atoms with Gasteiger partial charge in [0.05, 0.1) is 6.20 Å². The van der Waals surface area contributed by atoms with E-state index in [-0.39, 0.29) is 5.91 Å². The molecular formula is C16H22N4OS. The number of likely N-dealkylation sites (N-methyl/N-ethyl adjacent to an activating group) is 1. The number of nitrogens with one attached hydrogen (secondary N) is 1. The van der Waals surface area contributed by atoms with E-state index in [9.17, 15) is 4.79 Å². The number of imidazole rings is 1. The molecule has 1 aromatic heterocycles. The van der Waals surface area contributed by atoms with Gasteiger partial charge in [-0.05, 0) is 32.0 Å². The first kappa shape index (κ1) is 16.6. The highest BCUT2D eigenvalue weighted by Gasteiger charge is 2.17. The summed E-state index contributed by atoms with van der Waals surface area (Å²) >= 11 is 1.52. The first-order valence-electron chi connectivity index (χ1n) is 7.31. The molecule has 1 aromatic carbocycles. The smallest absolute Gasteiger partial charge is 0.270 e. The number of rotatable bonds is 7. The van der Waals surface area contributed by atoms with Crippen LogP contribution in [0.2, 0.25) is 0 Å². The molecule has 118 valence electrons. The Morgan fingerprint density at radius 3 is 2.73 bits per heavy atom. The molecule has 0 unspecified atom stereocenters. The molecule has 2 aromatic rings. The summed E-state index contributed by atoms with van der Waals surface area (Å²) in [5, 5.41) is 3.77. The molecule has 22 heavy (non-hydrogen) atoms. The topological polar surface area (TPSA) is 50.2 Å². The van der Waals surface area contributed by atoms with E-state index in [4.69, 9.17) is 0 Å². The van der Waals surface area contributed by atoms with E-state index in [0.717, 1.165) is 23.9 Å². The van der Waals surface area contributed by atoms with Crippen molar-refractivity contribution < 1.29 is 4.79 Å². The van der Waals surface area contributed by atoms with Crippen molar-refractivity contribution in [3.63, 3.8) is 0 Å². The molecule has 0 aliphatic rings. The average Bonchev–Trinajstić information content (AvgIpc) is 2.99. The van der Waals surface area contributed by atoms with Gasteiger partial charge < -0.3 is 10.2 Å². The van der Waals surface area contributed by atoms with Crippen molar-refractivity contribution in [1.29, 1.82) is 0 Å². The zero-order chi connectivity index (χ0) is 15.9. The predicted molar refractivity (Wildman–Crippen MR) is 90.8 cm³/mol. The van der Waals surface area contributed by atoms with E-state index in [1.165, 1.54) is 11.8 Å². The van der Waals surface area contributed by atoms with E-state index in [1.807, 2.05) is 48.2 Å². The van der Waals surface area contributed by atoms with Crippen LogP contribution in [0.5, 0.6) is 0 Å². The second-order valence-electron chi connectivity index (χ2n) is 4.95. The minimum atomic E-state index is -0.0962. The minimum absolute atomic E-state index is 0.0962. The molecule has 1 heterocycles. The van der Waals surface area contributed by atoms with E-state index in [1.54, 1.807) is 6.20 Å². The maximum absolute atomic E-state index is 12.4. The summed E-state index contributed by atoms with van der Waals surface area (Å²) in [6.45, 7) is 4.51. The van der Waals surface area contributed by atoms with Gasteiger partial charge in [-0.15, -0.1) is 0 Å². The molecular weight excluding hydrogens is 296 g/mol. The van der Waals surface area contributed by atoms with Crippen LogP contribution in [-0.2, 0) is 0 Å². The van der Waals surface area contributed by atoms with Crippen LogP contribution < -0.4 is 5.32 Å². The molecule has 0 fully saturated rings. The van der Waals surface area contributed by atoms with Crippen molar-refractivity contribution >= 4 is 17.7 Å². The molecule has 6 heteroatoms. The van der Waals surface area contributed by atoms with Gasteiger partial charge in [0.15, 0.2) is 5.16 Å². The van der Waals surface area contributed by atoms with Crippen molar-refractivity contribution in [3.8, 4) is 5.69 Å². The summed E-state index contributed by atoms with van der Waals surface area (Å²) in [5.74, 6) is -0.0962. The van der Waals surface area contributed by atoms with Gasteiger partial charge in [0.1, 0.15) is 5.69 Å². The summed E-state index contributed by atoms with van der Waals surface area (Å²) in [7, 11) is 2.03. The third kappa shape index (κ3) is 3.90. The number of aromatic nitrogens is 2. The molecule has 2 rings (SSSR count). The molecule has 0 spiro atoms. The quantitative estimate of drug-likeness (QED) is 0.796. The lowest BCUT2D eigenvalue weighted by atomic mass is 10.3. The molecule has 5 nitrogen and oxygen atoms in total. The van der Waals surface area contributed by atoms with Crippen LogP contribution in [0.15, 0.2) is 41.7 Å². The van der Waals surface area contributed by atoms with Gasteiger partial charge in [0.25, 0.3) is 5.91 Å². The number of carbonyl (C=O) groups excluding carboxylic acids is 1. The zero-order valence-electron chi connectivity index (χ0n) is 13.2. The normalized spacial score (nSPS) is 10.9. The lowest BCUT2D eigenvalue weighted by molar-refractivity contribution is 0.0942. The van der Waals surface area contributed by atoms with Crippen LogP contribution >= 0.6 is 11.8 Å². The molecule has 1 N–H and O–H groups in total. The van der Waals surface area contributed by atoms with Crippen molar-refractivity contribution in [2.45, 2.75) is 12.1 Å². The third-order valence-corrected chi connectivity index (χ3v) is 4.13. The first-order chi connectivity index (χ1) is 10.7. The maximum atomic E-state index is 12.4. The summed E-state index contributed by atoms with van der Waals surface area (Å²) in [6, 6.07) is 9.82. The molecule has 0 aliphatic carbocycles. The fourth-order valence-electron chi connectivity index (χ4n) is 2.07. The third-order valence-electron chi connectivity index (χ3n) is 3.48. The van der Waals surface area contributed by atoms with Gasteiger partial charge >= 0.3 is 0 Å². The number of carbonyl (C=O) groups is 1. The molecule has 0 aliphatic heterocycles. The van der Waals surface area contributed by atoms with Crippen LogP contribution in [0.3, 0.4) is 0 Å². The summed E-state index contributed by atoms with van der Waals surface area (Å²) < 4.78 is 1.89. The van der Waals surface area contributed by atoms with Crippen molar-refractivity contribution in [2.75, 3.05) is 32.9 Å². The Hall–Kier alpha value is -1.79. The summed E-state index contributed by atoms with van der Waals surface area (Å²) in [5.41, 5.74) is 1.51. The minimum Gasteiger partial charge on any atom is -0.349 e. The summed E-state index contributed by atoms with van der Waals surface area (Å²) in [4.78, 5) is 18.9. The monoisotopic (exact) mass is 318 g/mol. The fourth-order valence-corrected chi connectivity index (χ4v) is 2.62. The number of amides is 1. The van der Waals surface area contributed by atoms with Crippen LogP contribution in [0.1, 0.15) is 17.4 Å². The Morgan fingerprint density at radius 1 is 1.36 bits per heavy atom. The van der Waals surface area contributed by atoms with Gasteiger partial charge in [-0.1, -0.05) is 36.9 Å². The number of hydrogen-bond donors (Lipinski definition) is 1. The molecule has 1 amide bonds. The van der Waals surface area contributed by atoms with Crippen molar-refractivity contribution in [1.82, 2.24) is 19.8 Å². The van der Waals surface area contributed by atoms with Gasteiger partial charge in [-0.2, -0.15) is 0 Å². The average molecular weight is 318 g/mol. The number of para-hydroxylation sites is 1. The van der Waals surface area contributed by atoms with E-state index in [0.29, 0.717) is 12.2 Å². The lowest BCUT2D eigenvalue weighted by Crippen LogP contribution is -2.33. The van der Waals surface area contributed by atoms with Crippen molar-refractivity contribution in [2.24, 2.45) is 0 Å². The number of benzene rings is 1. The Morgan fingerprint density at radius 2 is 2.09 bits per heavy atom. The number of thioether (sulfide) groups is 1. The Labute approximate surface area is 135 Å². The Bertz CT molecular complexity index is 612. The van der Waals surface area contributed by atoms with Gasteiger partial charge in [-0.3, -0.25) is 9.36 Å². The lowest BCUT2D eigenvalue weighted by Gasteiger charge is -2.15. The van der Waals surface area contributed by atoms with Crippen LogP contribution in [-0.4, -0.2) is 53.3 Å². The predicted octanol–water partition coefficient (Wildman–Crippen LogP) is 2.28. The molecule has 0 radical (unpaired) electrons. The Kier molecular flexibility index (Phi) is 6.03. The largest absolute Gasteiger partial charge is 0.349 e. The molecule has 0 saturated carbocycles.